The van der Waals surface area contributed by atoms with Gasteiger partial charge in [-0.3, -0.25) is 9.79 Å². The molecule has 0 atom stereocenters. The van der Waals surface area contributed by atoms with E-state index in [1.807, 2.05) is 44.2 Å². The Balaban J connectivity index is 2.06. The Hall–Kier alpha value is -2.24. The highest BCUT2D eigenvalue weighted by Crippen LogP contribution is 2.07. The van der Waals surface area contributed by atoms with Crippen LogP contribution in [0.25, 0.3) is 0 Å². The molecule has 0 aliphatic rings. The van der Waals surface area contributed by atoms with Gasteiger partial charge in [-0.25, -0.2) is 0 Å². The highest BCUT2D eigenvalue weighted by Gasteiger charge is 2.05. The van der Waals surface area contributed by atoms with E-state index in [1.54, 1.807) is 7.05 Å². The number of ether oxygens (including phenoxy) is 1. The molecule has 1 rings (SSSR count). The van der Waals surface area contributed by atoms with E-state index in [0.717, 1.165) is 24.7 Å². The van der Waals surface area contributed by atoms with Crippen LogP contribution in [0.5, 0.6) is 5.75 Å². The Labute approximate surface area is 138 Å². The van der Waals surface area contributed by atoms with Crippen molar-refractivity contribution in [3.63, 3.8) is 0 Å². The lowest BCUT2D eigenvalue weighted by Gasteiger charge is -2.13. The first-order valence-corrected chi connectivity index (χ1v) is 8.03. The number of guanidine groups is 1. The van der Waals surface area contributed by atoms with Crippen LogP contribution in [0.3, 0.4) is 0 Å². The third kappa shape index (κ3) is 8.70. The van der Waals surface area contributed by atoms with E-state index in [9.17, 15) is 4.79 Å². The van der Waals surface area contributed by atoms with Crippen molar-refractivity contribution < 1.29 is 9.53 Å². The molecule has 23 heavy (non-hydrogen) atoms. The molecule has 6 nitrogen and oxygen atoms in total. The molecule has 1 aromatic rings. The SMILES string of the molecule is CN=C(NCCCOc1ccccc1)NCCNC(=O)C(C)C. The predicted octanol–water partition coefficient (Wildman–Crippen LogP) is 1.39. The summed E-state index contributed by atoms with van der Waals surface area (Å²) in [6.45, 7) is 6.39. The van der Waals surface area contributed by atoms with Crippen LogP contribution in [0.15, 0.2) is 35.3 Å². The van der Waals surface area contributed by atoms with Gasteiger partial charge < -0.3 is 20.7 Å². The van der Waals surface area contributed by atoms with Crippen LogP contribution in [-0.2, 0) is 4.79 Å². The van der Waals surface area contributed by atoms with Crippen LogP contribution in [-0.4, -0.2) is 45.2 Å². The molecule has 0 saturated carbocycles. The molecule has 3 N–H and O–H groups in total. The predicted molar refractivity (Wildman–Crippen MR) is 93.8 cm³/mol. The standard InChI is InChI=1S/C17H28N4O2/c1-14(2)16(22)19-11-12-21-17(18-3)20-10-7-13-23-15-8-5-4-6-9-15/h4-6,8-9,14H,7,10-13H2,1-3H3,(H,19,22)(H2,18,20,21). The van der Waals surface area contributed by atoms with E-state index < -0.39 is 0 Å². The number of hydrogen-bond donors (Lipinski definition) is 3. The number of rotatable bonds is 9. The number of carbonyl (C=O) groups excluding carboxylic acids is 1. The molecule has 1 amide bonds. The van der Waals surface area contributed by atoms with Gasteiger partial charge in [0.2, 0.25) is 5.91 Å². The van der Waals surface area contributed by atoms with Crippen molar-refractivity contribution in [3.8, 4) is 5.75 Å². The second-order valence-corrected chi connectivity index (χ2v) is 5.39. The molecule has 0 fully saturated rings. The third-order valence-electron chi connectivity index (χ3n) is 3.09. The van der Waals surface area contributed by atoms with Crippen molar-refractivity contribution in [2.45, 2.75) is 20.3 Å². The Morgan fingerprint density at radius 2 is 1.74 bits per heavy atom. The molecule has 0 bridgehead atoms. The zero-order chi connectivity index (χ0) is 16.9. The minimum absolute atomic E-state index is 0.0112. The number of para-hydroxylation sites is 1. The number of amides is 1. The Kier molecular flexibility index (Phi) is 9.28. The van der Waals surface area contributed by atoms with Crippen LogP contribution >= 0.6 is 0 Å². The monoisotopic (exact) mass is 320 g/mol. The summed E-state index contributed by atoms with van der Waals surface area (Å²) in [5, 5.41) is 9.22. The highest BCUT2D eigenvalue weighted by atomic mass is 16.5. The second-order valence-electron chi connectivity index (χ2n) is 5.39. The summed E-state index contributed by atoms with van der Waals surface area (Å²) in [4.78, 5) is 15.6. The van der Waals surface area contributed by atoms with E-state index in [-0.39, 0.29) is 11.8 Å². The molecular formula is C17H28N4O2. The lowest BCUT2D eigenvalue weighted by Crippen LogP contribution is -2.42. The number of benzene rings is 1. The second kappa shape index (κ2) is 11.3. The lowest BCUT2D eigenvalue weighted by atomic mass is 10.2. The molecule has 128 valence electrons. The van der Waals surface area contributed by atoms with Crippen molar-refractivity contribution in [3.05, 3.63) is 30.3 Å². The van der Waals surface area contributed by atoms with Crippen molar-refractivity contribution in [2.75, 3.05) is 33.3 Å². The average molecular weight is 320 g/mol. The normalized spacial score (nSPS) is 11.2. The van der Waals surface area contributed by atoms with Gasteiger partial charge >= 0.3 is 0 Å². The zero-order valence-electron chi connectivity index (χ0n) is 14.3. The van der Waals surface area contributed by atoms with Crippen molar-refractivity contribution in [2.24, 2.45) is 10.9 Å². The fourth-order valence-electron chi connectivity index (χ4n) is 1.78. The van der Waals surface area contributed by atoms with E-state index in [1.165, 1.54) is 0 Å². The molecule has 0 unspecified atom stereocenters. The highest BCUT2D eigenvalue weighted by molar-refractivity contribution is 5.80. The minimum Gasteiger partial charge on any atom is -0.494 e. The topological polar surface area (TPSA) is 74.8 Å². The van der Waals surface area contributed by atoms with Crippen molar-refractivity contribution >= 4 is 11.9 Å². The molecule has 0 radical (unpaired) electrons. The van der Waals surface area contributed by atoms with Gasteiger partial charge in [0, 0.05) is 32.6 Å². The largest absolute Gasteiger partial charge is 0.494 e. The molecule has 0 heterocycles. The Morgan fingerprint density at radius 3 is 2.39 bits per heavy atom. The first-order valence-electron chi connectivity index (χ1n) is 8.03. The fourth-order valence-corrected chi connectivity index (χ4v) is 1.78. The summed E-state index contributed by atoms with van der Waals surface area (Å²) in [5.74, 6) is 1.68. The van der Waals surface area contributed by atoms with Gasteiger partial charge in [-0.15, -0.1) is 0 Å². The van der Waals surface area contributed by atoms with Gasteiger partial charge in [0.1, 0.15) is 5.75 Å². The maximum Gasteiger partial charge on any atom is 0.222 e. The average Bonchev–Trinajstić information content (AvgIpc) is 2.57. The smallest absolute Gasteiger partial charge is 0.222 e. The van der Waals surface area contributed by atoms with Crippen LogP contribution in [0.2, 0.25) is 0 Å². The van der Waals surface area contributed by atoms with Gasteiger partial charge in [-0.05, 0) is 18.6 Å². The van der Waals surface area contributed by atoms with Gasteiger partial charge in [-0.1, -0.05) is 32.0 Å². The fraction of sp³-hybridized carbons (Fsp3) is 0.529. The first-order chi connectivity index (χ1) is 11.1. The third-order valence-corrected chi connectivity index (χ3v) is 3.09. The molecule has 0 aliphatic heterocycles. The molecule has 0 saturated heterocycles. The van der Waals surface area contributed by atoms with Crippen LogP contribution in [0.1, 0.15) is 20.3 Å². The Bertz CT molecular complexity index is 475. The maximum absolute atomic E-state index is 11.4. The first kappa shape index (κ1) is 18.8. The van der Waals surface area contributed by atoms with E-state index >= 15 is 0 Å². The summed E-state index contributed by atoms with van der Waals surface area (Å²) in [6.07, 6.45) is 0.875. The van der Waals surface area contributed by atoms with Gasteiger partial charge in [-0.2, -0.15) is 0 Å². The number of carbonyl (C=O) groups is 1. The van der Waals surface area contributed by atoms with Gasteiger partial charge in [0.05, 0.1) is 6.61 Å². The molecule has 0 aliphatic carbocycles. The maximum atomic E-state index is 11.4. The number of hydrogen-bond acceptors (Lipinski definition) is 3. The molecule has 1 aromatic carbocycles. The lowest BCUT2D eigenvalue weighted by molar-refractivity contribution is -0.123. The number of nitrogens with zero attached hydrogens (tertiary/aromatic N) is 1. The quantitative estimate of drug-likeness (QED) is 0.365. The van der Waals surface area contributed by atoms with Gasteiger partial charge in [0.15, 0.2) is 5.96 Å². The van der Waals surface area contributed by atoms with E-state index in [2.05, 4.69) is 20.9 Å². The molecule has 0 spiro atoms. The molecular weight excluding hydrogens is 292 g/mol. The van der Waals surface area contributed by atoms with E-state index in [4.69, 9.17) is 4.74 Å². The van der Waals surface area contributed by atoms with Crippen molar-refractivity contribution in [1.29, 1.82) is 0 Å². The van der Waals surface area contributed by atoms with Crippen LogP contribution in [0.4, 0.5) is 0 Å². The van der Waals surface area contributed by atoms with Gasteiger partial charge in [0.25, 0.3) is 0 Å². The Morgan fingerprint density at radius 1 is 1.09 bits per heavy atom. The van der Waals surface area contributed by atoms with Crippen molar-refractivity contribution in [1.82, 2.24) is 16.0 Å². The van der Waals surface area contributed by atoms with Crippen LogP contribution in [0, 0.1) is 5.92 Å². The van der Waals surface area contributed by atoms with Crippen LogP contribution < -0.4 is 20.7 Å². The summed E-state index contributed by atoms with van der Waals surface area (Å²) in [7, 11) is 1.72. The number of aliphatic imine (C=N–C) groups is 1. The summed E-state index contributed by atoms with van der Waals surface area (Å²) >= 11 is 0. The summed E-state index contributed by atoms with van der Waals surface area (Å²) in [6, 6.07) is 9.77. The summed E-state index contributed by atoms with van der Waals surface area (Å²) in [5.41, 5.74) is 0. The minimum atomic E-state index is 0.0112. The summed E-state index contributed by atoms with van der Waals surface area (Å²) < 4.78 is 5.62. The van der Waals surface area contributed by atoms with E-state index in [0.29, 0.717) is 19.7 Å². The molecule has 0 aromatic heterocycles. The number of nitrogens with one attached hydrogen (secondary N) is 3. The zero-order valence-corrected chi connectivity index (χ0v) is 14.3. The molecule has 6 heteroatoms.